The van der Waals surface area contributed by atoms with Crippen LogP contribution in [0.3, 0.4) is 0 Å². The zero-order valence-corrected chi connectivity index (χ0v) is 16.1. The van der Waals surface area contributed by atoms with Crippen LogP contribution in [0.4, 0.5) is 5.69 Å². The predicted octanol–water partition coefficient (Wildman–Crippen LogP) is 3.29. The quantitative estimate of drug-likeness (QED) is 0.798. The van der Waals surface area contributed by atoms with Crippen LogP contribution in [0.15, 0.2) is 48.5 Å². The molecule has 0 radical (unpaired) electrons. The molecule has 0 saturated carbocycles. The van der Waals surface area contributed by atoms with E-state index >= 15 is 0 Å². The van der Waals surface area contributed by atoms with E-state index in [1.165, 1.54) is 0 Å². The van der Waals surface area contributed by atoms with Crippen LogP contribution in [0.25, 0.3) is 0 Å². The summed E-state index contributed by atoms with van der Waals surface area (Å²) in [5.41, 5.74) is 3.20. The van der Waals surface area contributed by atoms with Crippen molar-refractivity contribution in [1.29, 1.82) is 0 Å². The predicted molar refractivity (Wildman–Crippen MR) is 111 cm³/mol. The van der Waals surface area contributed by atoms with E-state index in [1.807, 2.05) is 48.2 Å². The number of amides is 2. The molecule has 3 rings (SSSR count). The molecule has 0 bridgehead atoms. The third kappa shape index (κ3) is 4.92. The number of thiocarbonyl (C=S) groups is 1. The van der Waals surface area contributed by atoms with Crippen LogP contribution in [0, 0.1) is 6.92 Å². The molecular weight excluding hydrogens is 358 g/mol. The number of hydrogen-bond acceptors (Lipinski definition) is 3. The number of benzene rings is 2. The number of carbonyl (C=O) groups is 2. The van der Waals surface area contributed by atoms with Crippen LogP contribution < -0.4 is 10.6 Å². The first-order valence-electron chi connectivity index (χ1n) is 9.08. The molecule has 1 fully saturated rings. The normalized spacial score (nSPS) is 13.3. The molecule has 2 aromatic carbocycles. The Morgan fingerprint density at radius 1 is 1.04 bits per heavy atom. The fourth-order valence-electron chi connectivity index (χ4n) is 3.17. The van der Waals surface area contributed by atoms with Crippen molar-refractivity contribution < 1.29 is 9.59 Å². The summed E-state index contributed by atoms with van der Waals surface area (Å²) in [5, 5.41) is 5.88. The van der Waals surface area contributed by atoms with E-state index in [2.05, 4.69) is 10.6 Å². The van der Waals surface area contributed by atoms with Crippen molar-refractivity contribution >= 4 is 34.8 Å². The zero-order valence-electron chi connectivity index (χ0n) is 15.3. The average Bonchev–Trinajstić information content (AvgIpc) is 3.18. The molecule has 0 spiro atoms. The van der Waals surface area contributed by atoms with Crippen molar-refractivity contribution in [3.63, 3.8) is 0 Å². The Morgan fingerprint density at radius 2 is 1.70 bits per heavy atom. The topological polar surface area (TPSA) is 61.4 Å². The van der Waals surface area contributed by atoms with Crippen molar-refractivity contribution in [2.45, 2.75) is 26.2 Å². The summed E-state index contributed by atoms with van der Waals surface area (Å²) in [6.45, 7) is 3.54. The maximum atomic E-state index is 12.7. The third-order valence-electron chi connectivity index (χ3n) is 4.66. The van der Waals surface area contributed by atoms with Gasteiger partial charge in [-0.3, -0.25) is 9.59 Å². The van der Waals surface area contributed by atoms with Gasteiger partial charge in [0.1, 0.15) is 0 Å². The summed E-state index contributed by atoms with van der Waals surface area (Å²) < 4.78 is 0. The molecule has 0 unspecified atom stereocenters. The van der Waals surface area contributed by atoms with E-state index in [0.717, 1.165) is 37.1 Å². The highest BCUT2D eigenvalue weighted by Crippen LogP contribution is 2.20. The summed E-state index contributed by atoms with van der Waals surface area (Å²) in [6.07, 6.45) is 2.33. The lowest BCUT2D eigenvalue weighted by Crippen LogP contribution is -2.36. The van der Waals surface area contributed by atoms with Crippen LogP contribution in [-0.2, 0) is 11.2 Å². The lowest BCUT2D eigenvalue weighted by Gasteiger charge is -2.18. The van der Waals surface area contributed by atoms with Gasteiger partial charge in [-0.2, -0.15) is 0 Å². The molecule has 0 atom stereocenters. The third-order valence-corrected chi connectivity index (χ3v) is 4.87. The van der Waals surface area contributed by atoms with Gasteiger partial charge < -0.3 is 15.5 Å². The Balaban J connectivity index is 1.63. The smallest absolute Gasteiger partial charge is 0.255 e. The molecular formula is C21H23N3O2S. The van der Waals surface area contributed by atoms with E-state index in [0.29, 0.717) is 11.3 Å². The minimum absolute atomic E-state index is 0.00960. The largest absolute Gasteiger partial charge is 0.339 e. The highest BCUT2D eigenvalue weighted by atomic mass is 32.1. The van der Waals surface area contributed by atoms with Gasteiger partial charge in [-0.25, -0.2) is 0 Å². The lowest BCUT2D eigenvalue weighted by atomic mass is 10.1. The number of aryl methyl sites for hydroxylation is 1. The van der Waals surface area contributed by atoms with Crippen LogP contribution in [0.1, 0.15) is 34.3 Å². The van der Waals surface area contributed by atoms with Gasteiger partial charge >= 0.3 is 0 Å². The van der Waals surface area contributed by atoms with Crippen LogP contribution in [0.2, 0.25) is 0 Å². The number of nitrogens with one attached hydrogen (secondary N) is 2. The van der Waals surface area contributed by atoms with Crippen molar-refractivity contribution in [1.82, 2.24) is 10.2 Å². The summed E-state index contributed by atoms with van der Waals surface area (Å²) >= 11 is 5.27. The van der Waals surface area contributed by atoms with Gasteiger partial charge in [0.05, 0.1) is 17.7 Å². The molecule has 1 aliphatic heterocycles. The van der Waals surface area contributed by atoms with Gasteiger partial charge in [-0.15, -0.1) is 0 Å². The lowest BCUT2D eigenvalue weighted by molar-refractivity contribution is -0.119. The number of carbonyl (C=O) groups excluding carboxylic acids is 2. The zero-order chi connectivity index (χ0) is 19.2. The molecule has 6 heteroatoms. The maximum absolute atomic E-state index is 12.7. The molecule has 140 valence electrons. The molecule has 27 heavy (non-hydrogen) atoms. The molecule has 2 aromatic rings. The Bertz CT molecular complexity index is 860. The van der Waals surface area contributed by atoms with Crippen molar-refractivity contribution in [2.75, 3.05) is 18.4 Å². The summed E-state index contributed by atoms with van der Waals surface area (Å²) in [6, 6.07) is 15.0. The van der Waals surface area contributed by atoms with Gasteiger partial charge in [-0.1, -0.05) is 36.4 Å². The molecule has 0 aromatic heterocycles. The molecule has 1 aliphatic rings. The number of hydrogen-bond donors (Lipinski definition) is 2. The molecule has 1 saturated heterocycles. The van der Waals surface area contributed by atoms with E-state index < -0.39 is 0 Å². The first-order chi connectivity index (χ1) is 13.0. The second-order valence-electron chi connectivity index (χ2n) is 6.65. The number of rotatable bonds is 4. The van der Waals surface area contributed by atoms with Crippen LogP contribution in [0.5, 0.6) is 0 Å². The first-order valence-corrected chi connectivity index (χ1v) is 9.49. The standard InChI is InChI=1S/C21H23N3O2S/c1-15-8-2-3-9-16(15)14-19(25)23-21(27)22-18-11-5-4-10-17(18)20(26)24-12-6-7-13-24/h2-5,8-11H,6-7,12-14H2,1H3,(H2,22,23,25,27). The van der Waals surface area contributed by atoms with E-state index in [9.17, 15) is 9.59 Å². The van der Waals surface area contributed by atoms with Crippen molar-refractivity contribution in [3.8, 4) is 0 Å². The van der Waals surface area contributed by atoms with Crippen molar-refractivity contribution in [3.05, 3.63) is 65.2 Å². The summed E-state index contributed by atoms with van der Waals surface area (Å²) in [5.74, 6) is -0.199. The Labute approximate surface area is 164 Å². The number of likely N-dealkylation sites (tertiary alicyclic amines) is 1. The number of anilines is 1. The minimum Gasteiger partial charge on any atom is -0.339 e. The molecule has 5 nitrogen and oxygen atoms in total. The van der Waals surface area contributed by atoms with Gasteiger partial charge in [0.2, 0.25) is 5.91 Å². The van der Waals surface area contributed by atoms with Gasteiger partial charge in [0.25, 0.3) is 5.91 Å². The van der Waals surface area contributed by atoms with Crippen LogP contribution >= 0.6 is 12.2 Å². The SMILES string of the molecule is Cc1ccccc1CC(=O)NC(=S)Nc1ccccc1C(=O)N1CCCC1. The van der Waals surface area contributed by atoms with Gasteiger partial charge in [-0.05, 0) is 55.2 Å². The highest BCUT2D eigenvalue weighted by molar-refractivity contribution is 7.80. The summed E-state index contributed by atoms with van der Waals surface area (Å²) in [7, 11) is 0. The van der Waals surface area contributed by atoms with E-state index in [1.54, 1.807) is 12.1 Å². The van der Waals surface area contributed by atoms with Gasteiger partial charge in [0, 0.05) is 13.1 Å². The summed E-state index contributed by atoms with van der Waals surface area (Å²) in [4.78, 5) is 26.8. The van der Waals surface area contributed by atoms with Crippen molar-refractivity contribution in [2.24, 2.45) is 0 Å². The number of para-hydroxylation sites is 1. The van der Waals surface area contributed by atoms with Gasteiger partial charge in [0.15, 0.2) is 5.11 Å². The molecule has 0 aliphatic carbocycles. The molecule has 2 N–H and O–H groups in total. The fraction of sp³-hybridized carbons (Fsp3) is 0.286. The monoisotopic (exact) mass is 381 g/mol. The Hall–Kier alpha value is -2.73. The molecule has 2 amide bonds. The first kappa shape index (κ1) is 19.0. The Kier molecular flexibility index (Phi) is 6.19. The second kappa shape index (κ2) is 8.77. The minimum atomic E-state index is -0.190. The fourth-order valence-corrected chi connectivity index (χ4v) is 3.40. The van der Waals surface area contributed by atoms with E-state index in [4.69, 9.17) is 12.2 Å². The molecule has 1 heterocycles. The second-order valence-corrected chi connectivity index (χ2v) is 7.06. The highest BCUT2D eigenvalue weighted by Gasteiger charge is 2.22. The number of nitrogens with zero attached hydrogens (tertiary/aromatic N) is 1. The van der Waals surface area contributed by atoms with E-state index in [-0.39, 0.29) is 23.3 Å². The Morgan fingerprint density at radius 3 is 2.44 bits per heavy atom. The average molecular weight is 382 g/mol. The van der Waals surface area contributed by atoms with Crippen LogP contribution in [-0.4, -0.2) is 34.9 Å². The maximum Gasteiger partial charge on any atom is 0.255 e.